The summed E-state index contributed by atoms with van der Waals surface area (Å²) in [7, 11) is 0. The lowest BCUT2D eigenvalue weighted by atomic mass is 9.88. The van der Waals surface area contributed by atoms with Crippen molar-refractivity contribution < 1.29 is 9.53 Å². The van der Waals surface area contributed by atoms with Gasteiger partial charge in [0.1, 0.15) is 5.60 Å². The van der Waals surface area contributed by atoms with Gasteiger partial charge in [0.05, 0.1) is 11.6 Å². The van der Waals surface area contributed by atoms with E-state index in [2.05, 4.69) is 30.6 Å². The Hall–Kier alpha value is -1.28. The number of amides is 1. The highest BCUT2D eigenvalue weighted by molar-refractivity contribution is 5.68. The van der Waals surface area contributed by atoms with E-state index in [4.69, 9.17) is 10.00 Å². The summed E-state index contributed by atoms with van der Waals surface area (Å²) in [6, 6.07) is 2.18. The molecular formula is C16H31N3O2. The van der Waals surface area contributed by atoms with Gasteiger partial charge in [0.25, 0.3) is 0 Å². The van der Waals surface area contributed by atoms with Crippen LogP contribution in [0.15, 0.2) is 0 Å². The van der Waals surface area contributed by atoms with Crippen LogP contribution in [0.4, 0.5) is 4.79 Å². The van der Waals surface area contributed by atoms with Gasteiger partial charge in [0, 0.05) is 19.5 Å². The Balaban J connectivity index is 4.19. The number of carbonyl (C=O) groups excluding carboxylic acids is 1. The molecule has 0 saturated carbocycles. The van der Waals surface area contributed by atoms with Crippen LogP contribution >= 0.6 is 0 Å². The minimum Gasteiger partial charge on any atom is -0.444 e. The maximum Gasteiger partial charge on any atom is 0.408 e. The van der Waals surface area contributed by atoms with Crippen LogP contribution < -0.4 is 10.6 Å². The molecule has 0 aliphatic carbocycles. The van der Waals surface area contributed by atoms with Gasteiger partial charge in [-0.3, -0.25) is 0 Å². The summed E-state index contributed by atoms with van der Waals surface area (Å²) in [6.07, 6.45) is 1.02. The van der Waals surface area contributed by atoms with Gasteiger partial charge in [-0.1, -0.05) is 13.8 Å². The van der Waals surface area contributed by atoms with Gasteiger partial charge in [-0.25, -0.2) is 4.79 Å². The molecule has 0 heterocycles. The Morgan fingerprint density at radius 3 is 2.14 bits per heavy atom. The summed E-state index contributed by atoms with van der Waals surface area (Å²) >= 11 is 0. The summed E-state index contributed by atoms with van der Waals surface area (Å²) in [5.41, 5.74) is -0.821. The Morgan fingerprint density at radius 2 is 1.67 bits per heavy atom. The number of ether oxygens (including phenoxy) is 1. The van der Waals surface area contributed by atoms with Crippen molar-refractivity contribution in [3.05, 3.63) is 0 Å². The van der Waals surface area contributed by atoms with E-state index in [1.165, 1.54) is 0 Å². The third kappa shape index (κ3) is 11.1. The number of nitrogens with one attached hydrogen (secondary N) is 2. The number of carbonyl (C=O) groups is 1. The molecule has 0 rings (SSSR count). The van der Waals surface area contributed by atoms with Gasteiger partial charge in [0.2, 0.25) is 0 Å². The lowest BCUT2D eigenvalue weighted by molar-refractivity contribution is 0.0471. The molecule has 0 saturated heterocycles. The van der Waals surface area contributed by atoms with Gasteiger partial charge in [0.15, 0.2) is 0 Å². The first kappa shape index (κ1) is 19.7. The van der Waals surface area contributed by atoms with Gasteiger partial charge in [-0.05, 0) is 46.5 Å². The lowest BCUT2D eigenvalue weighted by Gasteiger charge is -2.31. The molecule has 0 fully saturated rings. The van der Waals surface area contributed by atoms with Crippen molar-refractivity contribution in [1.29, 1.82) is 5.26 Å². The van der Waals surface area contributed by atoms with E-state index in [1.807, 2.05) is 34.6 Å². The molecule has 0 radical (unpaired) electrons. The topological polar surface area (TPSA) is 74.2 Å². The zero-order chi connectivity index (χ0) is 16.7. The van der Waals surface area contributed by atoms with E-state index in [0.29, 0.717) is 13.0 Å². The maximum absolute atomic E-state index is 11.8. The predicted octanol–water partition coefficient (Wildman–Crippen LogP) is 3.21. The predicted molar refractivity (Wildman–Crippen MR) is 84.9 cm³/mol. The minimum atomic E-state index is -0.493. The Labute approximate surface area is 129 Å². The first-order chi connectivity index (χ1) is 9.37. The van der Waals surface area contributed by atoms with Crippen molar-refractivity contribution in [3.8, 4) is 6.07 Å². The molecule has 2 N–H and O–H groups in total. The second-order valence-corrected chi connectivity index (χ2v) is 7.94. The summed E-state index contributed by atoms with van der Waals surface area (Å²) in [4.78, 5) is 11.8. The SMILES string of the molecule is CC(C)(CCC#N)CNCC(C)(C)NC(=O)OC(C)(C)C. The normalized spacial score (nSPS) is 12.7. The zero-order valence-electron chi connectivity index (χ0n) is 14.6. The average Bonchev–Trinajstić information content (AvgIpc) is 2.21. The highest BCUT2D eigenvalue weighted by Gasteiger charge is 2.25. The van der Waals surface area contributed by atoms with Crippen molar-refractivity contribution in [2.24, 2.45) is 5.41 Å². The fraction of sp³-hybridized carbons (Fsp3) is 0.875. The molecule has 0 bridgehead atoms. The van der Waals surface area contributed by atoms with Crippen LogP contribution in [0.5, 0.6) is 0 Å². The molecule has 5 nitrogen and oxygen atoms in total. The Bertz CT molecular complexity index is 376. The molecule has 1 amide bonds. The zero-order valence-corrected chi connectivity index (χ0v) is 14.6. The number of hydrogen-bond acceptors (Lipinski definition) is 4. The van der Waals surface area contributed by atoms with E-state index in [0.717, 1.165) is 13.0 Å². The molecule has 0 atom stereocenters. The second-order valence-electron chi connectivity index (χ2n) is 7.94. The van der Waals surface area contributed by atoms with Crippen LogP contribution in [0.3, 0.4) is 0 Å². The number of rotatable bonds is 7. The Kier molecular flexibility index (Phi) is 7.18. The Morgan fingerprint density at radius 1 is 1.10 bits per heavy atom. The summed E-state index contributed by atoms with van der Waals surface area (Å²) in [5.74, 6) is 0. The summed E-state index contributed by atoms with van der Waals surface area (Å²) in [5, 5.41) is 14.9. The molecule has 0 aliphatic heterocycles. The van der Waals surface area contributed by atoms with Gasteiger partial charge in [-0.2, -0.15) is 5.26 Å². The summed E-state index contributed by atoms with van der Waals surface area (Å²) in [6.45, 7) is 15.1. The van der Waals surface area contributed by atoms with E-state index < -0.39 is 17.2 Å². The van der Waals surface area contributed by atoms with Crippen LogP contribution in [0.25, 0.3) is 0 Å². The van der Waals surface area contributed by atoms with Crippen LogP contribution in [-0.2, 0) is 4.74 Å². The van der Waals surface area contributed by atoms with Gasteiger partial charge >= 0.3 is 6.09 Å². The molecule has 0 aliphatic rings. The van der Waals surface area contributed by atoms with Crippen LogP contribution in [0.1, 0.15) is 61.3 Å². The van der Waals surface area contributed by atoms with Gasteiger partial charge in [-0.15, -0.1) is 0 Å². The minimum absolute atomic E-state index is 0.0672. The van der Waals surface area contributed by atoms with Crippen molar-refractivity contribution in [3.63, 3.8) is 0 Å². The standard InChI is InChI=1S/C16H31N3O2/c1-14(2,3)21-13(20)19-16(6,7)12-18-11-15(4,5)9-8-10-17/h18H,8-9,11-12H2,1-7H3,(H,19,20). The average molecular weight is 297 g/mol. The second kappa shape index (κ2) is 7.65. The fourth-order valence-electron chi connectivity index (χ4n) is 1.82. The monoisotopic (exact) mass is 297 g/mol. The maximum atomic E-state index is 11.8. The number of hydrogen-bond donors (Lipinski definition) is 2. The molecule has 21 heavy (non-hydrogen) atoms. The van der Waals surface area contributed by atoms with E-state index in [9.17, 15) is 4.79 Å². The molecule has 0 spiro atoms. The molecule has 0 aromatic carbocycles. The smallest absolute Gasteiger partial charge is 0.408 e. The van der Waals surface area contributed by atoms with Crippen molar-refractivity contribution in [1.82, 2.24) is 10.6 Å². The third-order valence-corrected chi connectivity index (χ3v) is 2.92. The molecule has 0 unspecified atom stereocenters. The number of alkyl carbamates (subject to hydrolysis) is 1. The molecule has 5 heteroatoms. The molecule has 0 aromatic heterocycles. The quantitative estimate of drug-likeness (QED) is 0.756. The number of nitrogens with zero attached hydrogens (tertiary/aromatic N) is 1. The van der Waals surface area contributed by atoms with Crippen molar-refractivity contribution in [2.45, 2.75) is 72.4 Å². The van der Waals surface area contributed by atoms with Crippen LogP contribution in [0.2, 0.25) is 0 Å². The number of nitriles is 1. The molecule has 122 valence electrons. The first-order valence-corrected chi connectivity index (χ1v) is 7.46. The first-order valence-electron chi connectivity index (χ1n) is 7.46. The third-order valence-electron chi connectivity index (χ3n) is 2.92. The van der Waals surface area contributed by atoms with E-state index in [1.54, 1.807) is 0 Å². The van der Waals surface area contributed by atoms with E-state index in [-0.39, 0.29) is 5.41 Å². The highest BCUT2D eigenvalue weighted by Crippen LogP contribution is 2.20. The summed E-state index contributed by atoms with van der Waals surface area (Å²) < 4.78 is 5.26. The largest absolute Gasteiger partial charge is 0.444 e. The van der Waals surface area contributed by atoms with Crippen LogP contribution in [-0.4, -0.2) is 30.3 Å². The molecule has 0 aromatic rings. The van der Waals surface area contributed by atoms with Crippen molar-refractivity contribution in [2.75, 3.05) is 13.1 Å². The van der Waals surface area contributed by atoms with E-state index >= 15 is 0 Å². The van der Waals surface area contributed by atoms with Crippen molar-refractivity contribution >= 4 is 6.09 Å². The lowest BCUT2D eigenvalue weighted by Crippen LogP contribution is -2.52. The van der Waals surface area contributed by atoms with Crippen LogP contribution in [0, 0.1) is 16.7 Å². The fourth-order valence-corrected chi connectivity index (χ4v) is 1.82. The van der Waals surface area contributed by atoms with Gasteiger partial charge < -0.3 is 15.4 Å². The highest BCUT2D eigenvalue weighted by atomic mass is 16.6. The molecular weight excluding hydrogens is 266 g/mol.